The molecule has 114 valence electrons. The highest BCUT2D eigenvalue weighted by Crippen LogP contribution is 2.26. The standard InChI is InChI=1S/C17H31N3/c1-3-14(2)20-11-10-17(19-20)13-16(18)12-15-8-6-4-5-7-9-15/h10-11,14-16H,3-9,12-13,18H2,1-2H3. The summed E-state index contributed by atoms with van der Waals surface area (Å²) in [6.07, 6.45) is 13.7. The molecule has 0 bridgehead atoms. The van der Waals surface area contributed by atoms with Crippen molar-refractivity contribution in [3.63, 3.8) is 0 Å². The van der Waals surface area contributed by atoms with E-state index in [1.165, 1.54) is 44.9 Å². The van der Waals surface area contributed by atoms with E-state index in [0.717, 1.165) is 24.5 Å². The van der Waals surface area contributed by atoms with Crippen LogP contribution in [-0.2, 0) is 6.42 Å². The van der Waals surface area contributed by atoms with Crippen molar-refractivity contribution in [2.75, 3.05) is 0 Å². The molecule has 20 heavy (non-hydrogen) atoms. The first kappa shape index (κ1) is 15.6. The molecule has 1 aromatic rings. The summed E-state index contributed by atoms with van der Waals surface area (Å²) in [6, 6.07) is 2.90. The summed E-state index contributed by atoms with van der Waals surface area (Å²) in [5, 5.41) is 4.67. The lowest BCUT2D eigenvalue weighted by atomic mass is 9.91. The zero-order valence-corrected chi connectivity index (χ0v) is 13.2. The Morgan fingerprint density at radius 2 is 2.00 bits per heavy atom. The highest BCUT2D eigenvalue weighted by Gasteiger charge is 2.17. The van der Waals surface area contributed by atoms with Gasteiger partial charge in [0.05, 0.1) is 5.69 Å². The lowest BCUT2D eigenvalue weighted by Gasteiger charge is -2.18. The van der Waals surface area contributed by atoms with Gasteiger partial charge < -0.3 is 5.73 Å². The molecule has 0 aromatic carbocycles. The molecule has 2 rings (SSSR count). The molecule has 1 heterocycles. The van der Waals surface area contributed by atoms with Gasteiger partial charge in [-0.2, -0.15) is 5.10 Å². The van der Waals surface area contributed by atoms with Crippen LogP contribution in [-0.4, -0.2) is 15.8 Å². The molecule has 1 aliphatic rings. The zero-order chi connectivity index (χ0) is 14.4. The second-order valence-corrected chi connectivity index (χ2v) is 6.60. The van der Waals surface area contributed by atoms with Gasteiger partial charge in [0.15, 0.2) is 0 Å². The van der Waals surface area contributed by atoms with Gasteiger partial charge in [0.25, 0.3) is 0 Å². The maximum atomic E-state index is 6.36. The molecule has 3 heteroatoms. The molecular formula is C17H31N3. The quantitative estimate of drug-likeness (QED) is 0.796. The van der Waals surface area contributed by atoms with Crippen LogP contribution in [0.1, 0.15) is 76.9 Å². The molecule has 0 aliphatic heterocycles. The van der Waals surface area contributed by atoms with Crippen LogP contribution >= 0.6 is 0 Å². The first-order chi connectivity index (χ1) is 9.69. The van der Waals surface area contributed by atoms with Crippen molar-refractivity contribution in [2.45, 2.75) is 83.7 Å². The van der Waals surface area contributed by atoms with Crippen LogP contribution in [0.15, 0.2) is 12.3 Å². The van der Waals surface area contributed by atoms with Crippen LogP contribution in [0.2, 0.25) is 0 Å². The lowest BCUT2D eigenvalue weighted by Crippen LogP contribution is -2.26. The average Bonchev–Trinajstić information content (AvgIpc) is 2.74. The molecule has 2 atom stereocenters. The molecule has 1 saturated carbocycles. The van der Waals surface area contributed by atoms with Crippen molar-refractivity contribution in [3.8, 4) is 0 Å². The van der Waals surface area contributed by atoms with Gasteiger partial charge in [-0.05, 0) is 31.7 Å². The van der Waals surface area contributed by atoms with E-state index < -0.39 is 0 Å². The monoisotopic (exact) mass is 277 g/mol. The van der Waals surface area contributed by atoms with Gasteiger partial charge in [-0.1, -0.05) is 45.4 Å². The van der Waals surface area contributed by atoms with Crippen LogP contribution < -0.4 is 5.73 Å². The van der Waals surface area contributed by atoms with Crippen LogP contribution in [0.4, 0.5) is 0 Å². The van der Waals surface area contributed by atoms with E-state index in [1.54, 1.807) is 0 Å². The molecule has 2 unspecified atom stereocenters. The number of hydrogen-bond acceptors (Lipinski definition) is 2. The fourth-order valence-corrected chi connectivity index (χ4v) is 3.30. The molecule has 1 aromatic heterocycles. The Bertz CT molecular complexity index is 377. The fourth-order valence-electron chi connectivity index (χ4n) is 3.30. The van der Waals surface area contributed by atoms with Gasteiger partial charge >= 0.3 is 0 Å². The van der Waals surface area contributed by atoms with E-state index in [2.05, 4.69) is 35.9 Å². The lowest BCUT2D eigenvalue weighted by molar-refractivity contribution is 0.384. The van der Waals surface area contributed by atoms with E-state index in [0.29, 0.717) is 6.04 Å². The van der Waals surface area contributed by atoms with Crippen LogP contribution in [0.25, 0.3) is 0 Å². The molecule has 0 spiro atoms. The van der Waals surface area contributed by atoms with Gasteiger partial charge in [0.1, 0.15) is 0 Å². The third-order valence-electron chi connectivity index (χ3n) is 4.79. The Kier molecular flexibility index (Phi) is 6.08. The summed E-state index contributed by atoms with van der Waals surface area (Å²) in [7, 11) is 0. The van der Waals surface area contributed by atoms with Crippen LogP contribution in [0.5, 0.6) is 0 Å². The number of aromatic nitrogens is 2. The third-order valence-corrected chi connectivity index (χ3v) is 4.79. The molecule has 2 N–H and O–H groups in total. The predicted octanol–water partition coefficient (Wildman–Crippen LogP) is 4.08. The SMILES string of the molecule is CCC(C)n1ccc(CC(N)CC2CCCCCC2)n1. The Labute approximate surface area is 123 Å². The largest absolute Gasteiger partial charge is 0.327 e. The number of nitrogens with zero attached hydrogens (tertiary/aromatic N) is 2. The second kappa shape index (κ2) is 7.82. The number of hydrogen-bond donors (Lipinski definition) is 1. The highest BCUT2D eigenvalue weighted by atomic mass is 15.3. The Balaban J connectivity index is 1.81. The van der Waals surface area contributed by atoms with E-state index in [1.807, 2.05) is 0 Å². The minimum Gasteiger partial charge on any atom is -0.327 e. The van der Waals surface area contributed by atoms with Crippen molar-refractivity contribution >= 4 is 0 Å². The first-order valence-corrected chi connectivity index (χ1v) is 8.48. The second-order valence-electron chi connectivity index (χ2n) is 6.60. The van der Waals surface area contributed by atoms with Crippen molar-refractivity contribution in [2.24, 2.45) is 11.7 Å². The Morgan fingerprint density at radius 3 is 2.65 bits per heavy atom. The van der Waals surface area contributed by atoms with Crippen molar-refractivity contribution in [3.05, 3.63) is 18.0 Å². The van der Waals surface area contributed by atoms with E-state index >= 15 is 0 Å². The minimum absolute atomic E-state index is 0.276. The summed E-state index contributed by atoms with van der Waals surface area (Å²) in [6.45, 7) is 4.41. The van der Waals surface area contributed by atoms with Crippen LogP contribution in [0.3, 0.4) is 0 Å². The maximum absolute atomic E-state index is 6.36. The summed E-state index contributed by atoms with van der Waals surface area (Å²) in [4.78, 5) is 0. The van der Waals surface area contributed by atoms with Gasteiger partial charge in [-0.25, -0.2) is 0 Å². The van der Waals surface area contributed by atoms with E-state index in [9.17, 15) is 0 Å². The third kappa shape index (κ3) is 4.62. The molecule has 1 fully saturated rings. The Hall–Kier alpha value is -0.830. The smallest absolute Gasteiger partial charge is 0.0640 e. The molecule has 0 radical (unpaired) electrons. The maximum Gasteiger partial charge on any atom is 0.0640 e. The summed E-state index contributed by atoms with van der Waals surface area (Å²) in [5.74, 6) is 0.851. The first-order valence-electron chi connectivity index (χ1n) is 8.48. The summed E-state index contributed by atoms with van der Waals surface area (Å²) in [5.41, 5.74) is 7.51. The topological polar surface area (TPSA) is 43.8 Å². The summed E-state index contributed by atoms with van der Waals surface area (Å²) < 4.78 is 2.08. The molecule has 1 aliphatic carbocycles. The fraction of sp³-hybridized carbons (Fsp3) is 0.824. The minimum atomic E-state index is 0.276. The van der Waals surface area contributed by atoms with Gasteiger partial charge in [0.2, 0.25) is 0 Å². The van der Waals surface area contributed by atoms with Crippen molar-refractivity contribution in [1.29, 1.82) is 0 Å². The van der Waals surface area contributed by atoms with Gasteiger partial charge in [-0.15, -0.1) is 0 Å². The number of rotatable bonds is 6. The molecule has 0 saturated heterocycles. The average molecular weight is 277 g/mol. The van der Waals surface area contributed by atoms with Crippen LogP contribution in [0, 0.1) is 5.92 Å². The predicted molar refractivity (Wildman–Crippen MR) is 84.7 cm³/mol. The molecule has 0 amide bonds. The normalized spacial score (nSPS) is 20.6. The van der Waals surface area contributed by atoms with Gasteiger partial charge in [-0.3, -0.25) is 4.68 Å². The zero-order valence-electron chi connectivity index (χ0n) is 13.2. The van der Waals surface area contributed by atoms with Crippen molar-refractivity contribution < 1.29 is 0 Å². The van der Waals surface area contributed by atoms with Crippen molar-refractivity contribution in [1.82, 2.24) is 9.78 Å². The highest BCUT2D eigenvalue weighted by molar-refractivity contribution is 5.02. The molecule has 3 nitrogen and oxygen atoms in total. The van der Waals surface area contributed by atoms with E-state index in [4.69, 9.17) is 5.73 Å². The van der Waals surface area contributed by atoms with E-state index in [-0.39, 0.29) is 6.04 Å². The number of nitrogens with two attached hydrogens (primary N) is 1. The van der Waals surface area contributed by atoms with Gasteiger partial charge in [0, 0.05) is 24.7 Å². The Morgan fingerprint density at radius 1 is 1.30 bits per heavy atom. The summed E-state index contributed by atoms with van der Waals surface area (Å²) >= 11 is 0. The molecular weight excluding hydrogens is 246 g/mol.